The molecule has 1 amide bonds. The van der Waals surface area contributed by atoms with Gasteiger partial charge in [-0.2, -0.15) is 5.10 Å². The molecule has 3 heterocycles. The van der Waals surface area contributed by atoms with E-state index < -0.39 is 0 Å². The second kappa shape index (κ2) is 11.7. The molecule has 198 valence electrons. The number of aryl methyl sites for hydroxylation is 1. The second-order valence-electron chi connectivity index (χ2n) is 9.11. The Balaban J connectivity index is 1.29. The van der Waals surface area contributed by atoms with Gasteiger partial charge in [0.15, 0.2) is 0 Å². The van der Waals surface area contributed by atoms with Crippen LogP contribution in [-0.4, -0.2) is 47.6 Å². The van der Waals surface area contributed by atoms with E-state index in [1.54, 1.807) is 45.6 Å². The first kappa shape index (κ1) is 25.7. The summed E-state index contributed by atoms with van der Waals surface area (Å²) in [5, 5.41) is 19.0. The highest BCUT2D eigenvalue weighted by molar-refractivity contribution is 5.95. The quantitative estimate of drug-likeness (QED) is 0.298. The van der Waals surface area contributed by atoms with Gasteiger partial charge in [0.05, 0.1) is 30.9 Å². The summed E-state index contributed by atoms with van der Waals surface area (Å²) in [5.74, 6) is -0.247. The van der Waals surface area contributed by atoms with E-state index in [4.69, 9.17) is 4.74 Å². The molecule has 0 spiro atoms. The normalized spacial score (nSPS) is 11.0. The van der Waals surface area contributed by atoms with Gasteiger partial charge < -0.3 is 14.6 Å². The Bertz CT molecular complexity index is 1620. The number of methoxy groups -OCH3 is 1. The number of nitrogens with zero attached hydrogens (tertiary/aromatic N) is 7. The van der Waals surface area contributed by atoms with E-state index in [9.17, 15) is 9.59 Å². The average Bonchev–Trinajstić information content (AvgIpc) is 3.61. The smallest absolute Gasteiger partial charge is 0.255 e. The minimum absolute atomic E-state index is 0.0383. The zero-order chi connectivity index (χ0) is 27.2. The third-order valence-electron chi connectivity index (χ3n) is 6.39. The van der Waals surface area contributed by atoms with E-state index in [2.05, 4.69) is 25.9 Å². The molecule has 0 saturated carbocycles. The van der Waals surface area contributed by atoms with Crippen LogP contribution in [0.3, 0.4) is 0 Å². The van der Waals surface area contributed by atoms with Gasteiger partial charge >= 0.3 is 0 Å². The van der Waals surface area contributed by atoms with Gasteiger partial charge in [-0.05, 0) is 46.2 Å². The fourth-order valence-electron chi connectivity index (χ4n) is 4.37. The molecule has 11 heteroatoms. The number of tetrazole rings is 1. The Labute approximate surface area is 224 Å². The number of pyridine rings is 1. The first-order valence-electron chi connectivity index (χ1n) is 12.4. The molecular formula is C28H28N8O3. The third-order valence-corrected chi connectivity index (χ3v) is 6.39. The second-order valence-corrected chi connectivity index (χ2v) is 9.11. The summed E-state index contributed by atoms with van der Waals surface area (Å²) in [4.78, 5) is 25.2. The molecule has 0 aliphatic heterocycles. The number of nitrogens with one attached hydrogen (secondary N) is 1. The van der Waals surface area contributed by atoms with Gasteiger partial charge in [-0.25, -0.2) is 4.68 Å². The molecule has 0 fully saturated rings. The molecule has 0 radical (unpaired) electrons. The van der Waals surface area contributed by atoms with Gasteiger partial charge in [-0.15, -0.1) is 5.10 Å². The van der Waals surface area contributed by atoms with Crippen LogP contribution in [0.4, 0.5) is 0 Å². The molecule has 0 unspecified atom stereocenters. The van der Waals surface area contributed by atoms with Crippen molar-refractivity contribution in [2.45, 2.75) is 33.2 Å². The number of aromatic nitrogens is 7. The van der Waals surface area contributed by atoms with Gasteiger partial charge in [-0.3, -0.25) is 14.3 Å². The highest BCUT2D eigenvalue weighted by Gasteiger charge is 2.18. The average molecular weight is 525 g/mol. The first-order valence-corrected chi connectivity index (χ1v) is 12.4. The molecule has 0 aliphatic carbocycles. The molecule has 0 atom stereocenters. The molecular weight excluding hydrogens is 496 g/mol. The molecule has 5 rings (SSSR count). The molecule has 2 aromatic carbocycles. The molecule has 0 bridgehead atoms. The highest BCUT2D eigenvalue weighted by atomic mass is 16.5. The lowest BCUT2D eigenvalue weighted by atomic mass is 10.1. The van der Waals surface area contributed by atoms with E-state index in [1.807, 2.05) is 55.5 Å². The van der Waals surface area contributed by atoms with Gasteiger partial charge in [0, 0.05) is 37.7 Å². The lowest BCUT2D eigenvalue weighted by Gasteiger charge is -2.13. The largest absolute Gasteiger partial charge is 0.378 e. The van der Waals surface area contributed by atoms with Crippen LogP contribution in [0.15, 0.2) is 84.2 Å². The lowest BCUT2D eigenvalue weighted by Crippen LogP contribution is -2.25. The minimum atomic E-state index is -0.247. The van der Waals surface area contributed by atoms with Crippen LogP contribution in [-0.2, 0) is 31.0 Å². The topological polar surface area (TPSA) is 122 Å². The van der Waals surface area contributed by atoms with Crippen LogP contribution in [0.1, 0.15) is 38.3 Å². The Morgan fingerprint density at radius 3 is 2.51 bits per heavy atom. The van der Waals surface area contributed by atoms with Crippen LogP contribution in [0, 0.1) is 6.92 Å². The summed E-state index contributed by atoms with van der Waals surface area (Å²) in [5.41, 5.74) is 5.73. The number of carbonyl (C=O) groups excluding carboxylic acids is 1. The molecule has 1 N–H and O–H groups in total. The Kier molecular flexibility index (Phi) is 7.69. The summed E-state index contributed by atoms with van der Waals surface area (Å²) < 4.78 is 10.3. The van der Waals surface area contributed by atoms with Crippen LogP contribution in [0.2, 0.25) is 0 Å². The number of ether oxygens (including phenoxy) is 1. The van der Waals surface area contributed by atoms with Crippen LogP contribution >= 0.6 is 0 Å². The van der Waals surface area contributed by atoms with Gasteiger partial charge in [0.25, 0.3) is 11.5 Å². The first-order chi connectivity index (χ1) is 19.0. The fraction of sp³-hybridized carbons (Fsp3) is 0.214. The zero-order valence-electron chi connectivity index (χ0n) is 21.7. The number of hydrogen-bond acceptors (Lipinski definition) is 7. The van der Waals surface area contributed by atoms with Crippen molar-refractivity contribution in [2.24, 2.45) is 0 Å². The monoisotopic (exact) mass is 524 g/mol. The Hall–Kier alpha value is -4.90. The highest BCUT2D eigenvalue weighted by Crippen LogP contribution is 2.18. The van der Waals surface area contributed by atoms with Crippen molar-refractivity contribution < 1.29 is 9.53 Å². The van der Waals surface area contributed by atoms with Crippen LogP contribution in [0.25, 0.3) is 5.69 Å². The van der Waals surface area contributed by atoms with Crippen molar-refractivity contribution in [1.29, 1.82) is 0 Å². The standard InChI is InChI=1S/C28H28N8O3/c1-20-6-5-7-26(36-19-30-32-33-36)23(20)14-29-28(38)24-17-35(31-25(24)18-39-2)16-22-11-9-21(10-12-22)15-34-13-4-3-8-27(34)37/h3-13,17,19H,14-16,18H2,1-2H3,(H,29,38). The molecule has 3 aromatic heterocycles. The summed E-state index contributed by atoms with van der Waals surface area (Å²) >= 11 is 0. The number of rotatable bonds is 10. The van der Waals surface area contributed by atoms with E-state index in [-0.39, 0.29) is 18.1 Å². The van der Waals surface area contributed by atoms with Crippen LogP contribution < -0.4 is 10.9 Å². The fourth-order valence-corrected chi connectivity index (χ4v) is 4.37. The van der Waals surface area contributed by atoms with Crippen molar-refractivity contribution in [3.8, 4) is 5.69 Å². The van der Waals surface area contributed by atoms with Crippen LogP contribution in [0.5, 0.6) is 0 Å². The number of amides is 1. The molecule has 39 heavy (non-hydrogen) atoms. The number of benzene rings is 2. The maximum Gasteiger partial charge on any atom is 0.255 e. The molecule has 0 saturated heterocycles. The summed E-state index contributed by atoms with van der Waals surface area (Å²) in [6, 6.07) is 18.9. The van der Waals surface area contributed by atoms with Gasteiger partial charge in [-0.1, -0.05) is 42.5 Å². The minimum Gasteiger partial charge on any atom is -0.378 e. The Morgan fingerprint density at radius 2 is 1.79 bits per heavy atom. The summed E-state index contributed by atoms with van der Waals surface area (Å²) in [7, 11) is 1.57. The van der Waals surface area contributed by atoms with E-state index in [1.165, 1.54) is 6.33 Å². The van der Waals surface area contributed by atoms with Crippen molar-refractivity contribution in [3.05, 3.63) is 123 Å². The third kappa shape index (κ3) is 5.99. The van der Waals surface area contributed by atoms with Crippen molar-refractivity contribution in [1.82, 2.24) is 39.9 Å². The SMILES string of the molecule is COCc1nn(Cc2ccc(Cn3ccccc3=O)cc2)cc1C(=O)NCc1c(C)cccc1-n1cnnn1. The predicted molar refractivity (Wildman–Crippen MR) is 143 cm³/mol. The van der Waals surface area contributed by atoms with E-state index in [0.29, 0.717) is 30.9 Å². The number of hydrogen-bond donors (Lipinski definition) is 1. The summed E-state index contributed by atoms with van der Waals surface area (Å²) in [6.07, 6.45) is 5.03. The van der Waals surface area contributed by atoms with E-state index in [0.717, 1.165) is 27.9 Å². The van der Waals surface area contributed by atoms with Gasteiger partial charge in [0.1, 0.15) is 12.0 Å². The van der Waals surface area contributed by atoms with Crippen molar-refractivity contribution in [2.75, 3.05) is 7.11 Å². The van der Waals surface area contributed by atoms with Crippen molar-refractivity contribution in [3.63, 3.8) is 0 Å². The van der Waals surface area contributed by atoms with E-state index >= 15 is 0 Å². The molecule has 0 aliphatic rings. The van der Waals surface area contributed by atoms with Crippen molar-refractivity contribution >= 4 is 5.91 Å². The molecule has 11 nitrogen and oxygen atoms in total. The number of carbonyl (C=O) groups is 1. The Morgan fingerprint density at radius 1 is 1.00 bits per heavy atom. The predicted octanol–water partition coefficient (Wildman–Crippen LogP) is 2.50. The maximum atomic E-state index is 13.2. The zero-order valence-corrected chi connectivity index (χ0v) is 21.7. The molecule has 5 aromatic rings. The lowest BCUT2D eigenvalue weighted by molar-refractivity contribution is 0.0946. The summed E-state index contributed by atoms with van der Waals surface area (Å²) in [6.45, 7) is 3.47. The van der Waals surface area contributed by atoms with Gasteiger partial charge in [0.2, 0.25) is 0 Å². The maximum absolute atomic E-state index is 13.2.